The molecule has 0 saturated carbocycles. The minimum absolute atomic E-state index is 0.621. The van der Waals surface area contributed by atoms with Gasteiger partial charge < -0.3 is 9.69 Å². The fourth-order valence-electron chi connectivity index (χ4n) is 2.25. The summed E-state index contributed by atoms with van der Waals surface area (Å²) in [7, 11) is 0. The average Bonchev–Trinajstić information content (AvgIpc) is 2.14. The summed E-state index contributed by atoms with van der Waals surface area (Å²) in [6.07, 6.45) is 1.69. The largest absolute Gasteiger partial charge is 0.303 e. The Labute approximate surface area is 87.1 Å². The Balaban J connectivity index is 2.34. The van der Waals surface area contributed by atoms with E-state index in [1.54, 1.807) is 0 Å². The van der Waals surface area contributed by atoms with E-state index in [9.17, 15) is 4.79 Å². The van der Waals surface area contributed by atoms with Crippen LogP contribution in [0.5, 0.6) is 0 Å². The highest BCUT2D eigenvalue weighted by Crippen LogP contribution is 2.12. The van der Waals surface area contributed by atoms with Crippen molar-refractivity contribution in [2.24, 2.45) is 0 Å². The van der Waals surface area contributed by atoms with Crippen molar-refractivity contribution in [1.82, 2.24) is 9.80 Å². The molecule has 14 heavy (non-hydrogen) atoms. The van der Waals surface area contributed by atoms with Crippen molar-refractivity contribution in [2.75, 3.05) is 26.2 Å². The normalized spacial score (nSPS) is 25.6. The summed E-state index contributed by atoms with van der Waals surface area (Å²) in [4.78, 5) is 15.2. The van der Waals surface area contributed by atoms with Crippen LogP contribution in [0.1, 0.15) is 27.2 Å². The molecule has 1 saturated heterocycles. The first-order valence-electron chi connectivity index (χ1n) is 5.57. The van der Waals surface area contributed by atoms with Crippen LogP contribution in [-0.4, -0.2) is 54.3 Å². The van der Waals surface area contributed by atoms with E-state index in [4.69, 9.17) is 0 Å². The predicted molar refractivity (Wildman–Crippen MR) is 58.4 cm³/mol. The van der Waals surface area contributed by atoms with Gasteiger partial charge in [0, 0.05) is 44.7 Å². The van der Waals surface area contributed by atoms with E-state index in [0.717, 1.165) is 32.5 Å². The van der Waals surface area contributed by atoms with Gasteiger partial charge in [-0.05, 0) is 20.8 Å². The lowest BCUT2D eigenvalue weighted by Crippen LogP contribution is -2.54. The lowest BCUT2D eigenvalue weighted by Gasteiger charge is -2.41. The molecule has 0 N–H and O–H groups in total. The minimum atomic E-state index is 0.621. The molecule has 1 aliphatic heterocycles. The molecular weight excluding hydrogens is 176 g/mol. The first-order valence-corrected chi connectivity index (χ1v) is 5.57. The predicted octanol–water partition coefficient (Wildman–Crippen LogP) is 0.990. The molecule has 1 unspecified atom stereocenters. The second-order valence-corrected chi connectivity index (χ2v) is 4.44. The molecule has 0 radical (unpaired) electrons. The Morgan fingerprint density at radius 2 is 2.14 bits per heavy atom. The number of hydrogen-bond donors (Lipinski definition) is 0. The van der Waals surface area contributed by atoms with Crippen molar-refractivity contribution in [3.05, 3.63) is 0 Å². The van der Waals surface area contributed by atoms with Crippen LogP contribution in [0.25, 0.3) is 0 Å². The lowest BCUT2D eigenvalue weighted by molar-refractivity contribution is -0.108. The molecule has 3 heteroatoms. The Morgan fingerprint density at radius 3 is 2.64 bits per heavy atom. The summed E-state index contributed by atoms with van der Waals surface area (Å²) in [5, 5.41) is 0. The topological polar surface area (TPSA) is 23.6 Å². The Bertz CT molecular complexity index is 182. The highest BCUT2D eigenvalue weighted by molar-refractivity contribution is 5.49. The highest BCUT2D eigenvalue weighted by atomic mass is 16.1. The zero-order valence-corrected chi connectivity index (χ0v) is 9.57. The van der Waals surface area contributed by atoms with Crippen LogP contribution in [0.4, 0.5) is 0 Å². The van der Waals surface area contributed by atoms with Gasteiger partial charge in [0.15, 0.2) is 0 Å². The molecule has 0 aromatic heterocycles. The Hall–Kier alpha value is -0.410. The number of carbonyl (C=O) groups is 1. The number of carbonyl (C=O) groups excluding carboxylic acids is 1. The summed E-state index contributed by atoms with van der Waals surface area (Å²) in [5.41, 5.74) is 0. The van der Waals surface area contributed by atoms with Gasteiger partial charge >= 0.3 is 0 Å². The summed E-state index contributed by atoms with van der Waals surface area (Å²) in [6.45, 7) is 11.0. The van der Waals surface area contributed by atoms with E-state index < -0.39 is 0 Å². The first kappa shape index (κ1) is 11.7. The quantitative estimate of drug-likeness (QED) is 0.629. The third-order valence-corrected chi connectivity index (χ3v) is 2.99. The molecule has 1 rings (SSSR count). The SMILES string of the molecule is CC(C)N1CCN(CCC=O)CC1C. The summed E-state index contributed by atoms with van der Waals surface area (Å²) in [6, 6.07) is 1.26. The fourth-order valence-corrected chi connectivity index (χ4v) is 2.25. The van der Waals surface area contributed by atoms with Crippen LogP contribution < -0.4 is 0 Å². The van der Waals surface area contributed by atoms with Gasteiger partial charge in [-0.1, -0.05) is 0 Å². The zero-order valence-electron chi connectivity index (χ0n) is 9.57. The fraction of sp³-hybridized carbons (Fsp3) is 0.909. The Morgan fingerprint density at radius 1 is 1.43 bits per heavy atom. The molecule has 0 aliphatic carbocycles. The number of piperazine rings is 1. The number of hydrogen-bond acceptors (Lipinski definition) is 3. The molecule has 1 heterocycles. The van der Waals surface area contributed by atoms with Crippen LogP contribution >= 0.6 is 0 Å². The lowest BCUT2D eigenvalue weighted by atomic mass is 10.1. The molecule has 1 atom stereocenters. The summed E-state index contributed by atoms with van der Waals surface area (Å²) in [5.74, 6) is 0. The molecule has 0 aromatic carbocycles. The van der Waals surface area contributed by atoms with Gasteiger partial charge in [-0.3, -0.25) is 4.90 Å². The molecule has 0 spiro atoms. The molecule has 1 fully saturated rings. The van der Waals surface area contributed by atoms with E-state index in [2.05, 4.69) is 30.6 Å². The monoisotopic (exact) mass is 198 g/mol. The van der Waals surface area contributed by atoms with Gasteiger partial charge in [0.2, 0.25) is 0 Å². The van der Waals surface area contributed by atoms with Crippen LogP contribution in [0.15, 0.2) is 0 Å². The van der Waals surface area contributed by atoms with Crippen LogP contribution in [0.3, 0.4) is 0 Å². The van der Waals surface area contributed by atoms with Crippen molar-refractivity contribution in [3.8, 4) is 0 Å². The summed E-state index contributed by atoms with van der Waals surface area (Å²) < 4.78 is 0. The van der Waals surface area contributed by atoms with Gasteiger partial charge in [0.25, 0.3) is 0 Å². The second kappa shape index (κ2) is 5.47. The van der Waals surface area contributed by atoms with Crippen LogP contribution in [0.2, 0.25) is 0 Å². The number of aldehydes is 1. The maximum Gasteiger partial charge on any atom is 0.121 e. The van der Waals surface area contributed by atoms with Gasteiger partial charge in [-0.15, -0.1) is 0 Å². The van der Waals surface area contributed by atoms with Crippen molar-refractivity contribution in [2.45, 2.75) is 39.3 Å². The molecule has 1 aliphatic rings. The van der Waals surface area contributed by atoms with Gasteiger partial charge in [0.1, 0.15) is 6.29 Å². The molecular formula is C11H22N2O. The van der Waals surface area contributed by atoms with E-state index in [0.29, 0.717) is 18.5 Å². The molecule has 82 valence electrons. The maximum absolute atomic E-state index is 10.3. The third kappa shape index (κ3) is 3.07. The van der Waals surface area contributed by atoms with E-state index in [1.807, 2.05) is 0 Å². The van der Waals surface area contributed by atoms with E-state index >= 15 is 0 Å². The minimum Gasteiger partial charge on any atom is -0.303 e. The van der Waals surface area contributed by atoms with Crippen LogP contribution in [-0.2, 0) is 4.79 Å². The molecule has 0 amide bonds. The Kier molecular flexibility index (Phi) is 4.55. The maximum atomic E-state index is 10.3. The second-order valence-electron chi connectivity index (χ2n) is 4.44. The van der Waals surface area contributed by atoms with Crippen molar-refractivity contribution >= 4 is 6.29 Å². The van der Waals surface area contributed by atoms with E-state index in [1.165, 1.54) is 0 Å². The summed E-state index contributed by atoms with van der Waals surface area (Å²) >= 11 is 0. The van der Waals surface area contributed by atoms with Gasteiger partial charge in [-0.25, -0.2) is 0 Å². The van der Waals surface area contributed by atoms with Crippen molar-refractivity contribution in [1.29, 1.82) is 0 Å². The third-order valence-electron chi connectivity index (χ3n) is 2.99. The van der Waals surface area contributed by atoms with E-state index in [-0.39, 0.29) is 0 Å². The van der Waals surface area contributed by atoms with Gasteiger partial charge in [-0.2, -0.15) is 0 Å². The number of rotatable bonds is 4. The molecule has 0 aromatic rings. The smallest absolute Gasteiger partial charge is 0.121 e. The highest BCUT2D eigenvalue weighted by Gasteiger charge is 2.24. The number of nitrogens with zero attached hydrogens (tertiary/aromatic N) is 2. The van der Waals surface area contributed by atoms with Gasteiger partial charge in [0.05, 0.1) is 0 Å². The molecule has 3 nitrogen and oxygen atoms in total. The molecule has 0 bridgehead atoms. The standard InChI is InChI=1S/C11H22N2O/c1-10(2)13-7-6-12(5-4-8-14)9-11(13)3/h8,10-11H,4-7,9H2,1-3H3. The zero-order chi connectivity index (χ0) is 10.6. The van der Waals surface area contributed by atoms with Crippen molar-refractivity contribution < 1.29 is 4.79 Å². The first-order chi connectivity index (χ1) is 6.65. The van der Waals surface area contributed by atoms with Crippen molar-refractivity contribution in [3.63, 3.8) is 0 Å². The van der Waals surface area contributed by atoms with Crippen LogP contribution in [0, 0.1) is 0 Å². The average molecular weight is 198 g/mol.